The molecule has 5 heteroatoms. The fourth-order valence-electron chi connectivity index (χ4n) is 3.42. The van der Waals surface area contributed by atoms with Crippen LogP contribution < -0.4 is 5.32 Å². The Morgan fingerprint density at radius 3 is 2.79 bits per heavy atom. The molecule has 0 radical (unpaired) electrons. The molecule has 0 bridgehead atoms. The molecule has 1 aliphatic rings. The zero-order valence-corrected chi connectivity index (χ0v) is 15.2. The second-order valence-electron chi connectivity index (χ2n) is 6.13. The maximum Gasteiger partial charge on any atom is 0.251 e. The van der Waals surface area contributed by atoms with Crippen LogP contribution in [0.2, 0.25) is 5.02 Å². The van der Waals surface area contributed by atoms with Gasteiger partial charge in [0, 0.05) is 31.7 Å². The van der Waals surface area contributed by atoms with Gasteiger partial charge in [0.2, 0.25) is 0 Å². The number of H-pyrrole nitrogens is 1. The third-order valence-corrected chi connectivity index (χ3v) is 5.33. The lowest BCUT2D eigenvalue weighted by Crippen LogP contribution is -2.31. The number of hydrogen-bond donors (Lipinski definition) is 2. The Bertz CT molecular complexity index is 917. The fraction of sp³-hybridized carbons (Fsp3) is 0.211. The van der Waals surface area contributed by atoms with Gasteiger partial charge in [-0.15, -0.1) is 0 Å². The van der Waals surface area contributed by atoms with Gasteiger partial charge >= 0.3 is 0 Å². The number of halogens is 2. The molecule has 2 N–H and O–H groups in total. The van der Waals surface area contributed by atoms with Gasteiger partial charge in [-0.2, -0.15) is 0 Å². The van der Waals surface area contributed by atoms with Gasteiger partial charge in [-0.3, -0.25) is 4.79 Å². The largest absolute Gasteiger partial charge is 0.356 e. The van der Waals surface area contributed by atoms with Crippen LogP contribution in [0.15, 0.2) is 46.9 Å². The van der Waals surface area contributed by atoms with Crippen molar-refractivity contribution in [2.45, 2.75) is 25.3 Å². The topological polar surface area (TPSA) is 44.9 Å². The van der Waals surface area contributed by atoms with Crippen molar-refractivity contribution in [3.8, 4) is 0 Å². The number of rotatable bonds is 2. The van der Waals surface area contributed by atoms with Crippen LogP contribution in [-0.4, -0.2) is 10.9 Å². The first-order chi connectivity index (χ1) is 11.6. The molecule has 24 heavy (non-hydrogen) atoms. The highest BCUT2D eigenvalue weighted by molar-refractivity contribution is 9.10. The summed E-state index contributed by atoms with van der Waals surface area (Å²) in [7, 11) is 0. The standard InChI is InChI=1S/C19H16BrClN2O/c20-12-6-9-16-15(10-12)14-2-1-3-17(18(14)22-16)23-19(24)11-4-7-13(21)8-5-11/h4-10,17,22H,1-3H2,(H,23,24). The summed E-state index contributed by atoms with van der Waals surface area (Å²) in [5.74, 6) is -0.0654. The molecule has 0 spiro atoms. The van der Waals surface area contributed by atoms with Crippen LogP contribution >= 0.6 is 27.5 Å². The van der Waals surface area contributed by atoms with Crippen molar-refractivity contribution in [1.29, 1.82) is 0 Å². The minimum absolute atomic E-state index is 0.0168. The molecule has 4 rings (SSSR count). The van der Waals surface area contributed by atoms with Gasteiger partial charge in [0.15, 0.2) is 0 Å². The highest BCUT2D eigenvalue weighted by Gasteiger charge is 2.25. The fourth-order valence-corrected chi connectivity index (χ4v) is 3.91. The predicted molar refractivity (Wildman–Crippen MR) is 101 cm³/mol. The zero-order valence-electron chi connectivity index (χ0n) is 12.9. The van der Waals surface area contributed by atoms with E-state index in [-0.39, 0.29) is 11.9 Å². The van der Waals surface area contributed by atoms with Crippen molar-refractivity contribution in [1.82, 2.24) is 10.3 Å². The number of aromatic amines is 1. The molecule has 1 heterocycles. The summed E-state index contributed by atoms with van der Waals surface area (Å²) in [5, 5.41) is 5.03. The summed E-state index contributed by atoms with van der Waals surface area (Å²) in [5.41, 5.74) is 4.21. The summed E-state index contributed by atoms with van der Waals surface area (Å²) in [4.78, 5) is 16.0. The molecule has 0 saturated carbocycles. The van der Waals surface area contributed by atoms with Crippen LogP contribution in [0, 0.1) is 0 Å². The van der Waals surface area contributed by atoms with E-state index in [1.807, 2.05) is 6.07 Å². The lowest BCUT2D eigenvalue weighted by atomic mass is 9.91. The van der Waals surface area contributed by atoms with Gasteiger partial charge in [-0.1, -0.05) is 27.5 Å². The van der Waals surface area contributed by atoms with Crippen LogP contribution in [0.25, 0.3) is 10.9 Å². The molecular formula is C19H16BrClN2O. The van der Waals surface area contributed by atoms with E-state index in [1.165, 1.54) is 10.9 Å². The van der Waals surface area contributed by atoms with Crippen LogP contribution in [-0.2, 0) is 6.42 Å². The third kappa shape index (κ3) is 2.85. The van der Waals surface area contributed by atoms with E-state index in [0.717, 1.165) is 34.9 Å². The molecular weight excluding hydrogens is 388 g/mol. The first-order valence-electron chi connectivity index (χ1n) is 7.98. The monoisotopic (exact) mass is 402 g/mol. The summed E-state index contributed by atoms with van der Waals surface area (Å²) in [6.45, 7) is 0. The van der Waals surface area contributed by atoms with Crippen LogP contribution in [0.5, 0.6) is 0 Å². The lowest BCUT2D eigenvalue weighted by Gasteiger charge is -2.24. The van der Waals surface area contributed by atoms with E-state index in [1.54, 1.807) is 24.3 Å². The number of carbonyl (C=O) groups is 1. The van der Waals surface area contributed by atoms with Crippen molar-refractivity contribution in [2.75, 3.05) is 0 Å². The normalized spacial score (nSPS) is 16.8. The Kier molecular flexibility index (Phi) is 4.10. The minimum Gasteiger partial charge on any atom is -0.356 e. The maximum absolute atomic E-state index is 12.5. The van der Waals surface area contributed by atoms with Crippen LogP contribution in [0.4, 0.5) is 0 Å². The molecule has 0 saturated heterocycles. The summed E-state index contributed by atoms with van der Waals surface area (Å²) in [6, 6.07) is 13.3. The Hall–Kier alpha value is -1.78. The van der Waals surface area contributed by atoms with Crippen molar-refractivity contribution in [3.05, 3.63) is 68.8 Å². The SMILES string of the molecule is O=C(NC1CCCc2c1[nH]c1ccc(Br)cc21)c1ccc(Cl)cc1. The molecule has 1 atom stereocenters. The van der Waals surface area contributed by atoms with Gasteiger partial charge < -0.3 is 10.3 Å². The Morgan fingerprint density at radius 2 is 2.00 bits per heavy atom. The first-order valence-corrected chi connectivity index (χ1v) is 9.15. The lowest BCUT2D eigenvalue weighted by molar-refractivity contribution is 0.0932. The number of nitrogens with one attached hydrogen (secondary N) is 2. The molecule has 3 aromatic rings. The Labute approximate surface area is 153 Å². The van der Waals surface area contributed by atoms with E-state index in [9.17, 15) is 4.79 Å². The van der Waals surface area contributed by atoms with Gasteiger partial charge in [0.25, 0.3) is 5.91 Å². The number of hydrogen-bond acceptors (Lipinski definition) is 1. The summed E-state index contributed by atoms with van der Waals surface area (Å²) in [6.07, 6.45) is 3.05. The predicted octanol–water partition coefficient (Wildman–Crippen LogP) is 5.39. The van der Waals surface area contributed by atoms with Crippen molar-refractivity contribution >= 4 is 44.3 Å². The molecule has 1 amide bonds. The van der Waals surface area contributed by atoms with Gasteiger partial charge in [0.05, 0.1) is 6.04 Å². The minimum atomic E-state index is -0.0654. The molecule has 0 aliphatic heterocycles. The summed E-state index contributed by atoms with van der Waals surface area (Å²) >= 11 is 9.43. The quantitative estimate of drug-likeness (QED) is 0.592. The second-order valence-corrected chi connectivity index (χ2v) is 7.48. The molecule has 122 valence electrons. The number of fused-ring (bicyclic) bond motifs is 3. The van der Waals surface area contributed by atoms with E-state index in [0.29, 0.717) is 10.6 Å². The van der Waals surface area contributed by atoms with Crippen molar-refractivity contribution < 1.29 is 4.79 Å². The molecule has 1 unspecified atom stereocenters. The van der Waals surface area contributed by atoms with Crippen molar-refractivity contribution in [3.63, 3.8) is 0 Å². The van der Waals surface area contributed by atoms with E-state index in [2.05, 4.69) is 38.4 Å². The molecule has 1 aromatic heterocycles. The van der Waals surface area contributed by atoms with E-state index >= 15 is 0 Å². The maximum atomic E-state index is 12.5. The molecule has 1 aliphatic carbocycles. The zero-order chi connectivity index (χ0) is 16.7. The number of amides is 1. The van der Waals surface area contributed by atoms with E-state index < -0.39 is 0 Å². The second kappa shape index (κ2) is 6.26. The van der Waals surface area contributed by atoms with Gasteiger partial charge in [0.1, 0.15) is 0 Å². The summed E-state index contributed by atoms with van der Waals surface area (Å²) < 4.78 is 1.07. The Morgan fingerprint density at radius 1 is 1.21 bits per heavy atom. The molecule has 0 fully saturated rings. The number of aryl methyl sites for hydroxylation is 1. The average Bonchev–Trinajstić information content (AvgIpc) is 2.94. The van der Waals surface area contributed by atoms with Crippen LogP contribution in [0.1, 0.15) is 40.5 Å². The highest BCUT2D eigenvalue weighted by Crippen LogP contribution is 2.35. The first kappa shape index (κ1) is 15.7. The smallest absolute Gasteiger partial charge is 0.251 e. The van der Waals surface area contributed by atoms with Crippen LogP contribution in [0.3, 0.4) is 0 Å². The number of aromatic nitrogens is 1. The number of benzene rings is 2. The number of carbonyl (C=O) groups excluding carboxylic acids is 1. The highest BCUT2D eigenvalue weighted by atomic mass is 79.9. The molecule has 3 nitrogen and oxygen atoms in total. The van der Waals surface area contributed by atoms with Gasteiger partial charge in [-0.05, 0) is 67.3 Å². The Balaban J connectivity index is 1.65. The molecule has 2 aromatic carbocycles. The average molecular weight is 404 g/mol. The van der Waals surface area contributed by atoms with Crippen molar-refractivity contribution in [2.24, 2.45) is 0 Å². The third-order valence-electron chi connectivity index (χ3n) is 4.58. The van der Waals surface area contributed by atoms with Gasteiger partial charge in [-0.25, -0.2) is 0 Å². The van der Waals surface area contributed by atoms with E-state index in [4.69, 9.17) is 11.6 Å².